The summed E-state index contributed by atoms with van der Waals surface area (Å²) in [5, 5.41) is 22.8. The largest absolute Gasteiger partial charge is 0.481 e. The monoisotopic (exact) mass is 597 g/mol. The molecule has 1 aliphatic heterocycles. The first kappa shape index (κ1) is 31.8. The Hall–Kier alpha value is -3.11. The van der Waals surface area contributed by atoms with Crippen molar-refractivity contribution in [2.75, 3.05) is 6.54 Å². The van der Waals surface area contributed by atoms with Crippen LogP contribution in [0.4, 0.5) is 0 Å². The fraction of sp³-hybridized carbons (Fsp3) is 0.594. The maximum absolute atomic E-state index is 13.9. The first-order valence-electron chi connectivity index (χ1n) is 14.8. The normalized spacial score (nSPS) is 24.2. The van der Waals surface area contributed by atoms with Crippen LogP contribution in [0.15, 0.2) is 29.8 Å². The van der Waals surface area contributed by atoms with Crippen LogP contribution in [0.25, 0.3) is 10.4 Å². The number of carbonyl (C=O) groups is 4. The van der Waals surface area contributed by atoms with E-state index in [-0.39, 0.29) is 48.9 Å². The van der Waals surface area contributed by atoms with Crippen LogP contribution in [0.2, 0.25) is 0 Å². The van der Waals surface area contributed by atoms with E-state index in [4.69, 9.17) is 0 Å². The molecule has 4 rings (SSSR count). The molecular weight excluding hydrogens is 554 g/mol. The van der Waals surface area contributed by atoms with Gasteiger partial charge in [-0.1, -0.05) is 45.0 Å². The third-order valence-electron chi connectivity index (χ3n) is 8.92. The summed E-state index contributed by atoms with van der Waals surface area (Å²) in [6.45, 7) is 9.62. The number of hydrogen-bond acceptors (Lipinski definition) is 7. The van der Waals surface area contributed by atoms with Gasteiger partial charge in [-0.15, -0.1) is 11.3 Å². The maximum Gasteiger partial charge on any atom is 0.306 e. The number of hydrogen-bond donors (Lipinski definition) is 3. The summed E-state index contributed by atoms with van der Waals surface area (Å²) >= 11 is 1.58. The predicted molar refractivity (Wildman–Crippen MR) is 161 cm³/mol. The van der Waals surface area contributed by atoms with Gasteiger partial charge in [0.2, 0.25) is 11.8 Å². The molecule has 2 amide bonds. The van der Waals surface area contributed by atoms with Gasteiger partial charge in [0, 0.05) is 31.2 Å². The zero-order valence-corrected chi connectivity index (χ0v) is 25.9. The number of aliphatic carboxylic acids is 1. The maximum atomic E-state index is 13.9. The van der Waals surface area contributed by atoms with Gasteiger partial charge < -0.3 is 20.4 Å². The summed E-state index contributed by atoms with van der Waals surface area (Å²) in [5.41, 5.74) is 4.22. The minimum absolute atomic E-state index is 0.0292. The molecule has 2 heterocycles. The van der Waals surface area contributed by atoms with E-state index < -0.39 is 35.4 Å². The molecule has 3 N–H and O–H groups in total. The number of aromatic nitrogens is 1. The van der Waals surface area contributed by atoms with Gasteiger partial charge in [-0.25, -0.2) is 4.98 Å². The highest BCUT2D eigenvalue weighted by atomic mass is 32.1. The van der Waals surface area contributed by atoms with Crippen molar-refractivity contribution in [3.8, 4) is 10.4 Å². The summed E-state index contributed by atoms with van der Waals surface area (Å²) < 4.78 is 0. The molecule has 2 aromatic rings. The summed E-state index contributed by atoms with van der Waals surface area (Å²) in [4.78, 5) is 58.9. The van der Waals surface area contributed by atoms with Crippen LogP contribution in [0.1, 0.15) is 83.5 Å². The Kier molecular flexibility index (Phi) is 9.88. The van der Waals surface area contributed by atoms with E-state index in [0.717, 1.165) is 21.7 Å². The fourth-order valence-electron chi connectivity index (χ4n) is 6.20. The molecule has 1 aromatic heterocycles. The van der Waals surface area contributed by atoms with Crippen molar-refractivity contribution in [2.24, 2.45) is 23.2 Å². The quantitative estimate of drug-likeness (QED) is 0.379. The van der Waals surface area contributed by atoms with E-state index in [0.29, 0.717) is 25.7 Å². The van der Waals surface area contributed by atoms with Crippen LogP contribution < -0.4 is 5.32 Å². The zero-order valence-electron chi connectivity index (χ0n) is 25.1. The van der Waals surface area contributed by atoms with Crippen molar-refractivity contribution >= 4 is 34.9 Å². The first-order chi connectivity index (χ1) is 19.8. The number of carboxylic acid groups (broad SMARTS) is 1. The number of benzene rings is 1. The molecule has 0 spiro atoms. The topological polar surface area (TPSA) is 137 Å². The van der Waals surface area contributed by atoms with Gasteiger partial charge in [0.1, 0.15) is 11.8 Å². The van der Waals surface area contributed by atoms with E-state index in [1.54, 1.807) is 11.3 Å². The fourth-order valence-corrected chi connectivity index (χ4v) is 7.01. The average molecular weight is 598 g/mol. The molecule has 0 bridgehead atoms. The van der Waals surface area contributed by atoms with E-state index in [1.165, 1.54) is 4.90 Å². The molecule has 1 aromatic carbocycles. The Morgan fingerprint density at radius 1 is 1.07 bits per heavy atom. The lowest BCUT2D eigenvalue weighted by Crippen LogP contribution is -2.50. The van der Waals surface area contributed by atoms with Crippen molar-refractivity contribution in [2.45, 2.75) is 91.3 Å². The second-order valence-electron chi connectivity index (χ2n) is 13.0. The Balaban J connectivity index is 1.42. The number of likely N-dealkylation sites (tertiary alicyclic amines) is 1. The number of ketones is 1. The van der Waals surface area contributed by atoms with Crippen molar-refractivity contribution in [1.82, 2.24) is 15.2 Å². The number of amides is 2. The number of rotatable bonds is 9. The van der Waals surface area contributed by atoms with Gasteiger partial charge in [-0.2, -0.15) is 0 Å². The lowest BCUT2D eigenvalue weighted by Gasteiger charge is -2.36. The highest BCUT2D eigenvalue weighted by Gasteiger charge is 2.45. The minimum Gasteiger partial charge on any atom is -0.481 e. The molecule has 1 saturated carbocycles. The van der Waals surface area contributed by atoms with E-state index in [2.05, 4.69) is 10.3 Å². The van der Waals surface area contributed by atoms with E-state index in [9.17, 15) is 29.4 Å². The Bertz CT molecular complexity index is 1290. The number of nitrogens with one attached hydrogen (secondary N) is 1. The van der Waals surface area contributed by atoms with Crippen molar-refractivity contribution in [3.05, 3.63) is 41.0 Å². The minimum atomic E-state index is -0.833. The van der Waals surface area contributed by atoms with Gasteiger partial charge in [0.25, 0.3) is 0 Å². The molecule has 42 heavy (non-hydrogen) atoms. The van der Waals surface area contributed by atoms with Crippen LogP contribution >= 0.6 is 11.3 Å². The molecule has 10 heteroatoms. The number of carbonyl (C=O) groups excluding carboxylic acids is 3. The van der Waals surface area contributed by atoms with Crippen molar-refractivity contribution in [1.29, 1.82) is 0 Å². The number of β-amino-alcohol motifs (C(OH)–C–C–N with tert-alkyl or cyclic N) is 1. The average Bonchev–Trinajstić information content (AvgIpc) is 3.56. The highest BCUT2D eigenvalue weighted by Crippen LogP contribution is 2.37. The third kappa shape index (κ3) is 7.26. The van der Waals surface area contributed by atoms with Gasteiger partial charge in [-0.05, 0) is 56.1 Å². The molecule has 0 radical (unpaired) electrons. The van der Waals surface area contributed by atoms with Gasteiger partial charge >= 0.3 is 5.97 Å². The van der Waals surface area contributed by atoms with Crippen LogP contribution in [0.5, 0.6) is 0 Å². The predicted octanol–water partition coefficient (Wildman–Crippen LogP) is 4.77. The number of nitrogens with zero attached hydrogens (tertiary/aromatic N) is 2. The first-order valence-corrected chi connectivity index (χ1v) is 15.7. The molecule has 9 nitrogen and oxygen atoms in total. The zero-order chi connectivity index (χ0) is 30.8. The third-order valence-corrected chi connectivity index (χ3v) is 9.90. The molecular formula is C32H43N3O6S. The molecule has 228 valence electrons. The molecule has 2 aliphatic rings. The molecule has 0 unspecified atom stereocenters. The summed E-state index contributed by atoms with van der Waals surface area (Å²) in [7, 11) is 0. The Labute approximate surface area is 251 Å². The molecule has 1 saturated heterocycles. The van der Waals surface area contributed by atoms with Crippen LogP contribution in [-0.2, 0) is 19.2 Å². The molecule has 4 atom stereocenters. The van der Waals surface area contributed by atoms with Crippen LogP contribution in [0, 0.1) is 30.1 Å². The van der Waals surface area contributed by atoms with Crippen LogP contribution in [-0.4, -0.2) is 62.4 Å². The summed E-state index contributed by atoms with van der Waals surface area (Å²) in [6, 6.07) is 6.80. The Morgan fingerprint density at radius 3 is 2.24 bits per heavy atom. The van der Waals surface area contributed by atoms with Gasteiger partial charge in [0.05, 0.1) is 34.1 Å². The number of Topliss-reactive ketones (excluding diaryl/α,β-unsaturated/α-hetero) is 1. The number of aliphatic hydroxyl groups is 1. The second kappa shape index (κ2) is 13.0. The molecule has 2 fully saturated rings. The van der Waals surface area contributed by atoms with Gasteiger partial charge in [0.15, 0.2) is 0 Å². The standard InChI is InChI=1S/C32H43N3O6S/c1-18(20-6-10-22(11-7-20)28-19(2)33-17-42-28)34-29(38)26-14-24(36)16-35(26)30(39)25(32(3,4)5)15-27(37)21-8-12-23(13-9-21)31(40)41/h6-7,10-11,17-18,21,23-26,36H,8-9,12-16H2,1-5H3,(H,34,38)(H,40,41)/t18-,21?,23?,24+,25+,26-/m0/s1. The number of aliphatic hydroxyl groups excluding tert-OH is 1. The van der Waals surface area contributed by atoms with E-state index >= 15 is 0 Å². The summed E-state index contributed by atoms with van der Waals surface area (Å²) in [5.74, 6) is -2.82. The SMILES string of the molecule is Cc1ncsc1-c1ccc([C@H](C)NC(=O)[C@@H]2C[C@@H](O)CN2C(=O)[C@@H](CC(=O)C2CCC(C(=O)O)CC2)C(C)(C)C)cc1. The van der Waals surface area contributed by atoms with Crippen molar-refractivity contribution < 1.29 is 29.4 Å². The van der Waals surface area contributed by atoms with E-state index in [1.807, 2.05) is 64.4 Å². The molecule has 1 aliphatic carbocycles. The lowest BCUT2D eigenvalue weighted by atomic mass is 9.73. The van der Waals surface area contributed by atoms with Crippen LogP contribution in [0.3, 0.4) is 0 Å². The number of carboxylic acids is 1. The highest BCUT2D eigenvalue weighted by molar-refractivity contribution is 7.13. The lowest BCUT2D eigenvalue weighted by molar-refractivity contribution is -0.147. The number of thiazole rings is 1. The van der Waals surface area contributed by atoms with Crippen molar-refractivity contribution in [3.63, 3.8) is 0 Å². The Morgan fingerprint density at radius 2 is 1.69 bits per heavy atom. The second-order valence-corrected chi connectivity index (χ2v) is 13.8. The summed E-state index contributed by atoms with van der Waals surface area (Å²) in [6.07, 6.45) is 1.29. The number of aryl methyl sites for hydroxylation is 1. The smallest absolute Gasteiger partial charge is 0.306 e. The van der Waals surface area contributed by atoms with Gasteiger partial charge in [-0.3, -0.25) is 19.2 Å².